The molecule has 0 radical (unpaired) electrons. The van der Waals surface area contributed by atoms with Crippen molar-refractivity contribution in [3.63, 3.8) is 0 Å². The number of phenolic OH excluding ortho intramolecular Hbond substituents is 1. The monoisotopic (exact) mass is 323 g/mol. The summed E-state index contributed by atoms with van der Waals surface area (Å²) in [4.78, 5) is 12.0. The molecule has 0 spiro atoms. The Hall–Kier alpha value is -1.88. The van der Waals surface area contributed by atoms with Crippen LogP contribution in [0.15, 0.2) is 40.9 Å². The van der Waals surface area contributed by atoms with Crippen LogP contribution in [0.1, 0.15) is 15.9 Å². The molecule has 1 amide bonds. The maximum Gasteiger partial charge on any atom is 0.262 e. The molecule has 2 aromatic rings. The zero-order valence-corrected chi connectivity index (χ0v) is 11.7. The normalized spacial score (nSPS) is 10.3. The fourth-order valence-corrected chi connectivity index (χ4v) is 2.00. The van der Waals surface area contributed by atoms with Crippen molar-refractivity contribution in [2.24, 2.45) is 0 Å². The summed E-state index contributed by atoms with van der Waals surface area (Å²) in [5.74, 6) is -1.84. The average molecular weight is 324 g/mol. The first kappa shape index (κ1) is 13.5. The van der Waals surface area contributed by atoms with Gasteiger partial charge in [0.2, 0.25) is 0 Å². The van der Waals surface area contributed by atoms with E-state index in [0.717, 1.165) is 11.6 Å². The fourth-order valence-electron chi connectivity index (χ4n) is 1.66. The second-order valence-electron chi connectivity index (χ2n) is 4.07. The van der Waals surface area contributed by atoms with Gasteiger partial charge in [0, 0.05) is 4.47 Å². The maximum atomic E-state index is 13.6. The number of aromatic hydroxyl groups is 1. The van der Waals surface area contributed by atoms with E-state index in [1.54, 1.807) is 12.1 Å². The van der Waals surface area contributed by atoms with Crippen molar-refractivity contribution < 1.29 is 14.3 Å². The SMILES string of the molecule is Cc1ccc(Br)c(NC(=O)c2c(O)cccc2F)c1. The number of hydrogen-bond acceptors (Lipinski definition) is 2. The maximum absolute atomic E-state index is 13.6. The molecule has 98 valence electrons. The molecule has 0 bridgehead atoms. The van der Waals surface area contributed by atoms with Crippen LogP contribution in [0.4, 0.5) is 10.1 Å². The number of benzene rings is 2. The number of halogens is 2. The molecule has 19 heavy (non-hydrogen) atoms. The highest BCUT2D eigenvalue weighted by Gasteiger charge is 2.17. The smallest absolute Gasteiger partial charge is 0.262 e. The Balaban J connectivity index is 2.34. The van der Waals surface area contributed by atoms with Gasteiger partial charge in [0.05, 0.1) is 5.69 Å². The standard InChI is InChI=1S/C14H11BrFNO2/c1-8-5-6-9(15)11(7-8)17-14(19)13-10(16)3-2-4-12(13)18/h2-7,18H,1H3,(H,17,19). The van der Waals surface area contributed by atoms with Crippen molar-refractivity contribution >= 4 is 27.5 Å². The molecule has 0 aliphatic carbocycles. The number of carbonyl (C=O) groups is 1. The van der Waals surface area contributed by atoms with E-state index in [-0.39, 0.29) is 11.3 Å². The molecular weight excluding hydrogens is 313 g/mol. The van der Waals surface area contributed by atoms with Gasteiger partial charge in [0.1, 0.15) is 17.1 Å². The zero-order valence-electron chi connectivity index (χ0n) is 10.1. The molecule has 0 aliphatic rings. The molecule has 0 atom stereocenters. The lowest BCUT2D eigenvalue weighted by molar-refractivity contribution is 0.102. The number of aryl methyl sites for hydroxylation is 1. The van der Waals surface area contributed by atoms with E-state index in [2.05, 4.69) is 21.2 Å². The number of hydrogen-bond donors (Lipinski definition) is 2. The average Bonchev–Trinajstić information content (AvgIpc) is 2.33. The van der Waals surface area contributed by atoms with Gasteiger partial charge in [0.15, 0.2) is 0 Å². The summed E-state index contributed by atoms with van der Waals surface area (Å²) in [5, 5.41) is 12.1. The molecule has 0 heterocycles. The third-order valence-corrected chi connectivity index (χ3v) is 3.28. The molecule has 2 rings (SSSR count). The second-order valence-corrected chi connectivity index (χ2v) is 4.93. The Labute approximate surface area is 118 Å². The van der Waals surface area contributed by atoms with Gasteiger partial charge in [0.25, 0.3) is 5.91 Å². The van der Waals surface area contributed by atoms with Crippen LogP contribution in [0.3, 0.4) is 0 Å². The van der Waals surface area contributed by atoms with Crippen LogP contribution >= 0.6 is 15.9 Å². The number of phenols is 1. The first-order valence-electron chi connectivity index (χ1n) is 5.54. The summed E-state index contributed by atoms with van der Waals surface area (Å²) in [7, 11) is 0. The van der Waals surface area contributed by atoms with E-state index in [9.17, 15) is 14.3 Å². The third-order valence-electron chi connectivity index (χ3n) is 2.59. The highest BCUT2D eigenvalue weighted by molar-refractivity contribution is 9.10. The molecule has 5 heteroatoms. The van der Waals surface area contributed by atoms with E-state index in [0.29, 0.717) is 10.2 Å². The lowest BCUT2D eigenvalue weighted by atomic mass is 10.1. The molecule has 0 aliphatic heterocycles. The van der Waals surface area contributed by atoms with E-state index < -0.39 is 11.7 Å². The van der Waals surface area contributed by atoms with E-state index >= 15 is 0 Å². The van der Waals surface area contributed by atoms with Gasteiger partial charge in [-0.25, -0.2) is 4.39 Å². The van der Waals surface area contributed by atoms with Crippen molar-refractivity contribution in [2.75, 3.05) is 5.32 Å². The van der Waals surface area contributed by atoms with Crippen LogP contribution in [0.2, 0.25) is 0 Å². The highest BCUT2D eigenvalue weighted by Crippen LogP contribution is 2.26. The van der Waals surface area contributed by atoms with Gasteiger partial charge in [-0.15, -0.1) is 0 Å². The van der Waals surface area contributed by atoms with Gasteiger partial charge >= 0.3 is 0 Å². The number of nitrogens with one attached hydrogen (secondary N) is 1. The molecule has 0 unspecified atom stereocenters. The largest absolute Gasteiger partial charge is 0.507 e. The van der Waals surface area contributed by atoms with Crippen molar-refractivity contribution in [1.29, 1.82) is 0 Å². The van der Waals surface area contributed by atoms with E-state index in [1.807, 2.05) is 13.0 Å². The summed E-state index contributed by atoms with van der Waals surface area (Å²) >= 11 is 3.30. The van der Waals surface area contributed by atoms with Crippen LogP contribution in [0.5, 0.6) is 5.75 Å². The Morgan fingerprint density at radius 1 is 1.32 bits per heavy atom. The predicted octanol–water partition coefficient (Wildman–Crippen LogP) is 3.85. The lowest BCUT2D eigenvalue weighted by Crippen LogP contribution is -2.14. The number of carbonyl (C=O) groups excluding carboxylic acids is 1. The molecular formula is C14H11BrFNO2. The van der Waals surface area contributed by atoms with Crippen molar-refractivity contribution in [1.82, 2.24) is 0 Å². The van der Waals surface area contributed by atoms with Crippen LogP contribution in [0, 0.1) is 12.7 Å². The minimum atomic E-state index is -0.763. The Morgan fingerprint density at radius 2 is 2.05 bits per heavy atom. The van der Waals surface area contributed by atoms with Gasteiger partial charge in [-0.2, -0.15) is 0 Å². The zero-order chi connectivity index (χ0) is 14.0. The summed E-state index contributed by atoms with van der Waals surface area (Å²) in [6.45, 7) is 1.88. The van der Waals surface area contributed by atoms with Gasteiger partial charge in [-0.05, 0) is 52.7 Å². The number of rotatable bonds is 2. The van der Waals surface area contributed by atoms with E-state index in [1.165, 1.54) is 12.1 Å². The Bertz CT molecular complexity index is 623. The molecule has 0 saturated carbocycles. The number of anilines is 1. The minimum absolute atomic E-state index is 0.365. The third kappa shape index (κ3) is 2.93. The number of amides is 1. The second kappa shape index (κ2) is 5.40. The summed E-state index contributed by atoms with van der Waals surface area (Å²) in [6.07, 6.45) is 0. The van der Waals surface area contributed by atoms with Crippen molar-refractivity contribution in [2.45, 2.75) is 6.92 Å². The first-order chi connectivity index (χ1) is 8.99. The van der Waals surface area contributed by atoms with Crippen LogP contribution in [-0.4, -0.2) is 11.0 Å². The van der Waals surface area contributed by atoms with E-state index in [4.69, 9.17) is 0 Å². The topological polar surface area (TPSA) is 49.3 Å². The van der Waals surface area contributed by atoms with Crippen LogP contribution in [-0.2, 0) is 0 Å². The Morgan fingerprint density at radius 3 is 2.74 bits per heavy atom. The molecule has 3 nitrogen and oxygen atoms in total. The first-order valence-corrected chi connectivity index (χ1v) is 6.33. The van der Waals surface area contributed by atoms with Gasteiger partial charge in [-0.3, -0.25) is 4.79 Å². The summed E-state index contributed by atoms with van der Waals surface area (Å²) < 4.78 is 14.2. The molecule has 2 aromatic carbocycles. The summed E-state index contributed by atoms with van der Waals surface area (Å²) in [5.41, 5.74) is 1.11. The van der Waals surface area contributed by atoms with Crippen LogP contribution in [0.25, 0.3) is 0 Å². The van der Waals surface area contributed by atoms with Crippen molar-refractivity contribution in [3.05, 3.63) is 57.8 Å². The predicted molar refractivity (Wildman–Crippen MR) is 74.9 cm³/mol. The van der Waals surface area contributed by atoms with Gasteiger partial charge in [-0.1, -0.05) is 12.1 Å². The molecule has 2 N–H and O–H groups in total. The Kier molecular flexibility index (Phi) is 3.85. The van der Waals surface area contributed by atoms with Crippen molar-refractivity contribution in [3.8, 4) is 5.75 Å². The molecule has 0 fully saturated rings. The lowest BCUT2D eigenvalue weighted by Gasteiger charge is -2.10. The van der Waals surface area contributed by atoms with Crippen LogP contribution < -0.4 is 5.32 Å². The molecule has 0 aromatic heterocycles. The highest BCUT2D eigenvalue weighted by atomic mass is 79.9. The minimum Gasteiger partial charge on any atom is -0.507 e. The van der Waals surface area contributed by atoms with Gasteiger partial charge < -0.3 is 10.4 Å². The fraction of sp³-hybridized carbons (Fsp3) is 0.0714. The summed E-state index contributed by atoms with van der Waals surface area (Å²) in [6, 6.07) is 9.14. The molecule has 0 saturated heterocycles. The quantitative estimate of drug-likeness (QED) is 0.881.